The number of allylic oxidation sites excluding steroid dienone is 2. The predicted molar refractivity (Wildman–Crippen MR) is 73.2 cm³/mol. The molecule has 1 unspecified atom stereocenters. The Labute approximate surface area is 90.8 Å². The van der Waals surface area contributed by atoms with Gasteiger partial charge in [0.05, 0.1) is 0 Å². The second-order valence-electron chi connectivity index (χ2n) is 4.42. The van der Waals surface area contributed by atoms with Gasteiger partial charge in [0, 0.05) is 0 Å². The highest BCUT2D eigenvalue weighted by Gasteiger charge is 2.10. The van der Waals surface area contributed by atoms with E-state index in [2.05, 4.69) is 53.4 Å². The largest absolute Gasteiger partial charge is 0.109 e. The molecular weight excluding hydrogens is 187 g/mol. The van der Waals surface area contributed by atoms with Gasteiger partial charge in [-0.25, -0.2) is 0 Å². The Kier molecular flexibility index (Phi) is 6.53. The van der Waals surface area contributed by atoms with Crippen molar-refractivity contribution in [3.8, 4) is 0 Å². The van der Waals surface area contributed by atoms with Crippen LogP contribution in [0.2, 0.25) is 0 Å². The van der Waals surface area contributed by atoms with Gasteiger partial charge in [0.2, 0.25) is 0 Å². The summed E-state index contributed by atoms with van der Waals surface area (Å²) in [6.45, 7) is 13.0. The first-order valence-corrected chi connectivity index (χ1v) is 8.27. The summed E-state index contributed by atoms with van der Waals surface area (Å²) in [6.07, 6.45) is 6.51. The normalized spacial score (nSPS) is 13.6. The van der Waals surface area contributed by atoms with Gasteiger partial charge in [-0.3, -0.25) is 0 Å². The predicted octanol–water partition coefficient (Wildman–Crippen LogP) is 4.47. The molecule has 0 N–H and O–H groups in total. The molecule has 0 heterocycles. The van der Waals surface area contributed by atoms with Gasteiger partial charge in [0.15, 0.2) is 0 Å². The number of hydrogen-bond acceptors (Lipinski definition) is 0. The van der Waals surface area contributed by atoms with E-state index >= 15 is 0 Å². The third kappa shape index (κ3) is 4.51. The van der Waals surface area contributed by atoms with Gasteiger partial charge >= 0.3 is 0 Å². The molecule has 0 radical (unpaired) electrons. The van der Waals surface area contributed by atoms with Crippen LogP contribution < -0.4 is 0 Å². The summed E-state index contributed by atoms with van der Waals surface area (Å²) < 4.78 is 0. The molecule has 0 aromatic rings. The minimum Gasteiger partial charge on any atom is -0.109 e. The molecule has 0 aromatic heterocycles. The van der Waals surface area contributed by atoms with Crippen molar-refractivity contribution in [1.29, 1.82) is 0 Å². The maximum atomic E-state index is 2.65. The third-order valence-electron chi connectivity index (χ3n) is 3.04. The Hall–Kier alpha value is 0.0400. The Balaban J connectivity index is 4.82. The highest BCUT2D eigenvalue weighted by molar-refractivity contribution is 7.74. The van der Waals surface area contributed by atoms with Gasteiger partial charge < -0.3 is 0 Å². The van der Waals surface area contributed by atoms with Crippen LogP contribution in [0.5, 0.6) is 0 Å². The molecule has 0 aliphatic carbocycles. The van der Waals surface area contributed by atoms with E-state index in [-0.39, 0.29) is 0 Å². The molecule has 0 aliphatic rings. The quantitative estimate of drug-likeness (QED) is 0.468. The summed E-state index contributed by atoms with van der Waals surface area (Å²) in [4.78, 5) is 0. The third-order valence-corrected chi connectivity index (χ3v) is 7.92. The fourth-order valence-electron chi connectivity index (χ4n) is 2.05. The zero-order valence-electron chi connectivity index (χ0n) is 10.8. The Morgan fingerprint density at radius 1 is 1.07 bits per heavy atom. The Morgan fingerprint density at radius 3 is 1.79 bits per heavy atom. The van der Waals surface area contributed by atoms with E-state index < -0.39 is 6.89 Å². The van der Waals surface area contributed by atoms with Crippen LogP contribution in [-0.4, -0.2) is 24.3 Å². The summed E-state index contributed by atoms with van der Waals surface area (Å²) in [6, 6.07) is 0. The summed E-state index contributed by atoms with van der Waals surface area (Å²) >= 11 is 0. The van der Waals surface area contributed by atoms with E-state index in [1.807, 2.05) is 0 Å². The monoisotopic (exact) mass is 214 g/mol. The van der Waals surface area contributed by atoms with Crippen molar-refractivity contribution in [2.24, 2.45) is 5.92 Å². The van der Waals surface area contributed by atoms with Crippen LogP contribution in [0.3, 0.4) is 0 Å². The minimum absolute atomic E-state index is 0.660. The summed E-state index contributed by atoms with van der Waals surface area (Å²) in [5.41, 5.74) is 1.44. The molecule has 0 aliphatic heterocycles. The van der Waals surface area contributed by atoms with Crippen molar-refractivity contribution in [3.05, 3.63) is 11.6 Å². The van der Waals surface area contributed by atoms with E-state index in [4.69, 9.17) is 0 Å². The van der Waals surface area contributed by atoms with Crippen LogP contribution in [0.4, 0.5) is 0 Å². The van der Waals surface area contributed by atoms with Crippen LogP contribution in [0.25, 0.3) is 0 Å². The average molecular weight is 214 g/mol. The molecule has 0 rings (SSSR count). The molecule has 0 saturated heterocycles. The van der Waals surface area contributed by atoms with E-state index in [0.29, 0.717) is 5.92 Å². The molecule has 0 amide bonds. The smallest absolute Gasteiger partial charge is 0.00748 e. The van der Waals surface area contributed by atoms with Crippen LogP contribution >= 0.6 is 6.89 Å². The van der Waals surface area contributed by atoms with Crippen molar-refractivity contribution < 1.29 is 0 Å². The SMILES string of the molecule is CCP(=CC(C)C=C(C)C)(CC)CC. The highest BCUT2D eigenvalue weighted by Crippen LogP contribution is 2.46. The molecular formula is C13H27P. The summed E-state index contributed by atoms with van der Waals surface area (Å²) in [5.74, 6) is 3.31. The lowest BCUT2D eigenvalue weighted by Gasteiger charge is -2.23. The molecule has 1 heteroatoms. The molecule has 0 fully saturated rings. The number of hydrogen-bond donors (Lipinski definition) is 0. The fourth-order valence-corrected chi connectivity index (χ4v) is 5.11. The lowest BCUT2D eigenvalue weighted by atomic mass is 10.1. The molecule has 0 aromatic carbocycles. The standard InChI is InChI=1S/C13H27P/c1-7-14(8-2,9-3)11-13(6)10-12(4)5/h10-11,13H,7-9H2,1-6H3. The molecule has 0 nitrogen and oxygen atoms in total. The van der Waals surface area contributed by atoms with E-state index in [0.717, 1.165) is 0 Å². The molecule has 14 heavy (non-hydrogen) atoms. The molecule has 84 valence electrons. The average Bonchev–Trinajstić information content (AvgIpc) is 2.13. The fraction of sp³-hybridized carbons (Fsp3) is 0.769. The van der Waals surface area contributed by atoms with E-state index in [1.54, 1.807) is 0 Å². The first kappa shape index (κ1) is 14.0. The van der Waals surface area contributed by atoms with E-state index in [9.17, 15) is 0 Å². The maximum Gasteiger partial charge on any atom is -0.00748 e. The second-order valence-corrected chi connectivity index (χ2v) is 9.05. The van der Waals surface area contributed by atoms with Crippen LogP contribution in [0, 0.1) is 5.92 Å². The molecule has 0 saturated carbocycles. The molecule has 0 spiro atoms. The van der Waals surface area contributed by atoms with Crippen molar-refractivity contribution in [1.82, 2.24) is 0 Å². The van der Waals surface area contributed by atoms with Gasteiger partial charge in [-0.15, -0.1) is 6.89 Å². The van der Waals surface area contributed by atoms with Crippen molar-refractivity contribution >= 4 is 12.7 Å². The summed E-state index contributed by atoms with van der Waals surface area (Å²) in [7, 11) is 0. The van der Waals surface area contributed by atoms with Crippen molar-refractivity contribution in [3.63, 3.8) is 0 Å². The van der Waals surface area contributed by atoms with Gasteiger partial charge in [-0.1, -0.05) is 45.1 Å². The minimum atomic E-state index is -0.721. The lowest BCUT2D eigenvalue weighted by Crippen LogP contribution is -2.02. The topological polar surface area (TPSA) is 0 Å². The highest BCUT2D eigenvalue weighted by atomic mass is 31.2. The van der Waals surface area contributed by atoms with Gasteiger partial charge in [0.25, 0.3) is 0 Å². The van der Waals surface area contributed by atoms with Crippen molar-refractivity contribution in [2.75, 3.05) is 18.5 Å². The zero-order chi connectivity index (χ0) is 11.2. The first-order valence-electron chi connectivity index (χ1n) is 5.86. The molecule has 1 atom stereocenters. The van der Waals surface area contributed by atoms with Crippen LogP contribution in [0.15, 0.2) is 11.6 Å². The summed E-state index contributed by atoms with van der Waals surface area (Å²) in [5, 5.41) is 0. The van der Waals surface area contributed by atoms with E-state index in [1.165, 1.54) is 24.1 Å². The van der Waals surface area contributed by atoms with Crippen molar-refractivity contribution in [2.45, 2.75) is 41.5 Å². The lowest BCUT2D eigenvalue weighted by molar-refractivity contribution is 1.02. The molecule has 0 bridgehead atoms. The van der Waals surface area contributed by atoms with Gasteiger partial charge in [0.1, 0.15) is 0 Å². The van der Waals surface area contributed by atoms with Crippen LogP contribution in [0.1, 0.15) is 41.5 Å². The van der Waals surface area contributed by atoms with Gasteiger partial charge in [-0.2, -0.15) is 0 Å². The Morgan fingerprint density at radius 2 is 1.50 bits per heavy atom. The van der Waals surface area contributed by atoms with Gasteiger partial charge in [-0.05, 0) is 38.3 Å². The first-order chi connectivity index (χ1) is 6.49. The zero-order valence-corrected chi connectivity index (χ0v) is 11.7. The second kappa shape index (κ2) is 6.51. The van der Waals surface area contributed by atoms with Crippen LogP contribution in [-0.2, 0) is 0 Å². The Bertz CT molecular complexity index is 213. The maximum absolute atomic E-state index is 2.65. The number of rotatable bonds is 5.